The number of oxime groups is 1. The predicted octanol–water partition coefficient (Wildman–Crippen LogP) is 2.85. The second-order valence-corrected chi connectivity index (χ2v) is 9.57. The zero-order valence-corrected chi connectivity index (χ0v) is 22.2. The highest BCUT2D eigenvalue weighted by Crippen LogP contribution is 2.34. The molecule has 4 rings (SSSR count). The summed E-state index contributed by atoms with van der Waals surface area (Å²) in [6.45, 7) is 3.36. The van der Waals surface area contributed by atoms with Crippen molar-refractivity contribution in [3.05, 3.63) is 75.7 Å². The van der Waals surface area contributed by atoms with E-state index in [1.54, 1.807) is 38.1 Å². The first-order valence-corrected chi connectivity index (χ1v) is 12.6. The number of carbonyl (C=O) groups excluding carboxylic acids is 2. The van der Waals surface area contributed by atoms with Gasteiger partial charge < -0.3 is 26.5 Å². The highest BCUT2D eigenvalue weighted by atomic mass is 19.4. The van der Waals surface area contributed by atoms with E-state index in [4.69, 9.17) is 10.6 Å². The van der Waals surface area contributed by atoms with Gasteiger partial charge in [-0.3, -0.25) is 19.0 Å². The zero-order chi connectivity index (χ0) is 29.7. The van der Waals surface area contributed by atoms with Crippen LogP contribution >= 0.6 is 0 Å². The number of anilines is 2. The molecule has 0 atom stereocenters. The highest BCUT2D eigenvalue weighted by Gasteiger charge is 2.31. The number of hydrogen-bond donors (Lipinski definition) is 4. The molecule has 3 aromatic rings. The molecule has 11 nitrogen and oxygen atoms in total. The van der Waals surface area contributed by atoms with Crippen molar-refractivity contribution in [3.63, 3.8) is 0 Å². The molecule has 2 amide bonds. The molecule has 14 heteroatoms. The number of rotatable bonds is 8. The van der Waals surface area contributed by atoms with Gasteiger partial charge in [-0.15, -0.1) is 0 Å². The van der Waals surface area contributed by atoms with E-state index in [1.165, 1.54) is 12.3 Å². The number of halogens is 3. The first-order valence-electron chi connectivity index (χ1n) is 12.6. The number of carbonyl (C=O) groups is 2. The quantitative estimate of drug-likeness (QED) is 0.303. The minimum absolute atomic E-state index is 0.00458. The summed E-state index contributed by atoms with van der Waals surface area (Å²) in [5, 5.41) is 12.1. The van der Waals surface area contributed by atoms with Crippen LogP contribution in [0.3, 0.4) is 0 Å². The van der Waals surface area contributed by atoms with Crippen molar-refractivity contribution >= 4 is 29.2 Å². The average Bonchev–Trinajstić information content (AvgIpc) is 3.13. The van der Waals surface area contributed by atoms with E-state index in [-0.39, 0.29) is 60.1 Å². The summed E-state index contributed by atoms with van der Waals surface area (Å²) in [4.78, 5) is 47.1. The third-order valence-electron chi connectivity index (χ3n) is 5.91. The number of alkyl halides is 3. The second-order valence-electron chi connectivity index (χ2n) is 9.57. The third-order valence-corrected chi connectivity index (χ3v) is 5.91. The fourth-order valence-corrected chi connectivity index (χ4v) is 3.98. The second kappa shape index (κ2) is 12.1. The number of nitrogens with zero attached hydrogens (tertiary/aromatic N) is 3. The summed E-state index contributed by atoms with van der Waals surface area (Å²) >= 11 is 0. The molecule has 2 heterocycles. The lowest BCUT2D eigenvalue weighted by Gasteiger charge is -2.17. The van der Waals surface area contributed by atoms with Gasteiger partial charge in [-0.1, -0.05) is 29.4 Å². The summed E-state index contributed by atoms with van der Waals surface area (Å²) in [6.07, 6.45) is -3.25. The smallest absolute Gasteiger partial charge is 0.399 e. The maximum atomic E-state index is 13.4. The summed E-state index contributed by atoms with van der Waals surface area (Å²) in [7, 11) is 0. The first kappa shape index (κ1) is 29.1. The van der Waals surface area contributed by atoms with Crippen LogP contribution in [0.25, 0.3) is 11.3 Å². The Bertz CT molecular complexity index is 1530. The molecule has 0 spiro atoms. The van der Waals surface area contributed by atoms with E-state index in [0.717, 1.165) is 16.7 Å². The molecule has 216 valence electrons. The molecular formula is C27H28F3N7O4. The van der Waals surface area contributed by atoms with Gasteiger partial charge in [0.2, 0.25) is 11.8 Å². The fraction of sp³-hybridized carbons (Fsp3) is 0.296. The van der Waals surface area contributed by atoms with Crippen molar-refractivity contribution in [1.82, 2.24) is 20.2 Å². The number of amidine groups is 1. The Morgan fingerprint density at radius 2 is 1.88 bits per heavy atom. The van der Waals surface area contributed by atoms with Gasteiger partial charge in [-0.05, 0) is 37.6 Å². The molecule has 0 bridgehead atoms. The van der Waals surface area contributed by atoms with Gasteiger partial charge in [-0.2, -0.15) is 13.2 Å². The Labute approximate surface area is 232 Å². The Kier molecular flexibility index (Phi) is 8.59. The summed E-state index contributed by atoms with van der Waals surface area (Å²) in [6, 6.07) is 9.58. The predicted molar refractivity (Wildman–Crippen MR) is 146 cm³/mol. The van der Waals surface area contributed by atoms with Gasteiger partial charge in [-0.25, -0.2) is 4.98 Å². The van der Waals surface area contributed by atoms with Crippen molar-refractivity contribution in [2.24, 2.45) is 5.16 Å². The van der Waals surface area contributed by atoms with Crippen LogP contribution in [0.5, 0.6) is 0 Å². The lowest BCUT2D eigenvalue weighted by Crippen LogP contribution is -2.35. The number of hydrogen-bond acceptors (Lipinski definition) is 8. The van der Waals surface area contributed by atoms with Crippen LogP contribution in [0.2, 0.25) is 0 Å². The van der Waals surface area contributed by atoms with Crippen LogP contribution in [-0.4, -0.2) is 39.8 Å². The number of aromatic nitrogens is 2. The Balaban J connectivity index is 1.56. The SMILES string of the molecule is CC(C)Nc1ncc(-c2cc(N)cc(C(F)(F)F)c2)n(CC(=O)NCc2ccc(C3=NOCCC(=O)N3)cc2)c1=O. The van der Waals surface area contributed by atoms with Crippen molar-refractivity contribution in [1.29, 1.82) is 0 Å². The number of nitrogens with two attached hydrogens (primary N) is 1. The topological polar surface area (TPSA) is 153 Å². The molecule has 1 aromatic heterocycles. The molecule has 1 aliphatic rings. The Hall–Kier alpha value is -4.88. The lowest BCUT2D eigenvalue weighted by atomic mass is 10.1. The summed E-state index contributed by atoms with van der Waals surface area (Å²) in [5.41, 5.74) is 5.19. The van der Waals surface area contributed by atoms with E-state index < -0.39 is 29.8 Å². The van der Waals surface area contributed by atoms with Crippen LogP contribution in [0.1, 0.15) is 37.0 Å². The number of benzene rings is 2. The molecule has 0 unspecified atom stereocenters. The molecule has 0 aliphatic carbocycles. The summed E-state index contributed by atoms with van der Waals surface area (Å²) < 4.78 is 41.4. The van der Waals surface area contributed by atoms with Gasteiger partial charge in [0.25, 0.3) is 5.56 Å². The zero-order valence-electron chi connectivity index (χ0n) is 22.2. The third kappa shape index (κ3) is 7.41. The van der Waals surface area contributed by atoms with Crippen LogP contribution in [-0.2, 0) is 33.7 Å². The van der Waals surface area contributed by atoms with Crippen molar-refractivity contribution < 1.29 is 27.6 Å². The molecule has 1 aliphatic heterocycles. The Morgan fingerprint density at radius 3 is 2.56 bits per heavy atom. The number of amides is 2. The molecule has 5 N–H and O–H groups in total. The van der Waals surface area contributed by atoms with Gasteiger partial charge in [0.05, 0.1) is 23.9 Å². The van der Waals surface area contributed by atoms with E-state index in [9.17, 15) is 27.6 Å². The van der Waals surface area contributed by atoms with Crippen molar-refractivity contribution in [2.75, 3.05) is 17.7 Å². The maximum Gasteiger partial charge on any atom is 0.416 e. The minimum Gasteiger partial charge on any atom is -0.399 e. The van der Waals surface area contributed by atoms with Crippen molar-refractivity contribution in [3.8, 4) is 11.3 Å². The molecule has 2 aromatic carbocycles. The van der Waals surface area contributed by atoms with Crippen LogP contribution in [0.4, 0.5) is 24.7 Å². The average molecular weight is 572 g/mol. The lowest BCUT2D eigenvalue weighted by molar-refractivity contribution is -0.137. The molecule has 41 heavy (non-hydrogen) atoms. The molecule has 0 fully saturated rings. The van der Waals surface area contributed by atoms with Gasteiger partial charge in [0.1, 0.15) is 13.2 Å². The van der Waals surface area contributed by atoms with Crippen LogP contribution in [0, 0.1) is 0 Å². The standard InChI is InChI=1S/C27H28F3N7O4/c1-15(2)34-25-26(40)37(21(13-33-25)18-9-19(27(28,29)30)11-20(31)10-18)14-23(39)32-12-16-3-5-17(6-4-16)24-35-22(38)7-8-41-36-24/h3-6,9-11,13,15H,7-8,12,14,31H2,1-2H3,(H,32,39)(H,33,34)(H,35,36,38). The van der Waals surface area contributed by atoms with E-state index in [2.05, 4.69) is 26.1 Å². The summed E-state index contributed by atoms with van der Waals surface area (Å²) in [5.74, 6) is -0.561. The van der Waals surface area contributed by atoms with Crippen molar-refractivity contribution in [2.45, 2.75) is 45.6 Å². The molecule has 0 radical (unpaired) electrons. The number of nitrogens with one attached hydrogen (secondary N) is 3. The van der Waals surface area contributed by atoms with E-state index >= 15 is 0 Å². The molecule has 0 saturated carbocycles. The monoisotopic (exact) mass is 571 g/mol. The van der Waals surface area contributed by atoms with E-state index in [0.29, 0.717) is 11.1 Å². The fourth-order valence-electron chi connectivity index (χ4n) is 3.98. The maximum absolute atomic E-state index is 13.4. The van der Waals surface area contributed by atoms with E-state index in [1.807, 2.05) is 0 Å². The van der Waals surface area contributed by atoms with Crippen LogP contribution < -0.4 is 27.2 Å². The highest BCUT2D eigenvalue weighted by molar-refractivity contribution is 6.08. The first-order chi connectivity index (χ1) is 19.4. The van der Waals surface area contributed by atoms with Gasteiger partial charge in [0.15, 0.2) is 11.7 Å². The normalized spacial score (nSPS) is 13.6. The molecule has 0 saturated heterocycles. The van der Waals surface area contributed by atoms with Crippen LogP contribution in [0.15, 0.2) is 58.6 Å². The van der Waals surface area contributed by atoms with Gasteiger partial charge in [0, 0.05) is 29.4 Å². The van der Waals surface area contributed by atoms with Gasteiger partial charge >= 0.3 is 6.18 Å². The molecular weight excluding hydrogens is 543 g/mol. The number of nitrogen functional groups attached to an aromatic ring is 1. The Morgan fingerprint density at radius 1 is 1.15 bits per heavy atom. The minimum atomic E-state index is -4.67. The largest absolute Gasteiger partial charge is 0.416 e.